The Hall–Kier alpha value is -0.560. The van der Waals surface area contributed by atoms with Gasteiger partial charge in [-0.3, -0.25) is 0 Å². The van der Waals surface area contributed by atoms with E-state index in [1.807, 2.05) is 0 Å². The van der Waals surface area contributed by atoms with Crippen molar-refractivity contribution in [3.8, 4) is 0 Å². The van der Waals surface area contributed by atoms with E-state index >= 15 is 0 Å². The van der Waals surface area contributed by atoms with E-state index in [1.165, 1.54) is 51.4 Å². The highest BCUT2D eigenvalue weighted by molar-refractivity contribution is 5.12. The SMILES string of the molecule is CCCC/C=C/C(CC)(OC(/C=C/CCCC)(CC)C(CC)CC)C(CC)CC. The van der Waals surface area contributed by atoms with Gasteiger partial charge in [0.15, 0.2) is 0 Å². The first-order valence-electron chi connectivity index (χ1n) is 13.0. The summed E-state index contributed by atoms with van der Waals surface area (Å²) in [5.74, 6) is 1.13. The van der Waals surface area contributed by atoms with Gasteiger partial charge in [-0.1, -0.05) is 131 Å². The van der Waals surface area contributed by atoms with Gasteiger partial charge in [0.05, 0.1) is 11.2 Å². The summed E-state index contributed by atoms with van der Waals surface area (Å²) < 4.78 is 7.40. The second-order valence-electron chi connectivity index (χ2n) is 8.84. The summed E-state index contributed by atoms with van der Waals surface area (Å²) >= 11 is 0. The minimum atomic E-state index is -0.162. The standard InChI is InChI=1S/C28H54O/c1-9-17-19-21-23-27(15-7,25(11-3)12-4)29-28(16-8,26(13-5)14-6)24-22-20-18-10-2/h21-26H,9-20H2,1-8H3/b23-21+,24-22+. The first-order chi connectivity index (χ1) is 14.0. The van der Waals surface area contributed by atoms with Crippen LogP contribution in [0.5, 0.6) is 0 Å². The van der Waals surface area contributed by atoms with Crippen molar-refractivity contribution in [2.24, 2.45) is 11.8 Å². The maximum absolute atomic E-state index is 7.40. The van der Waals surface area contributed by atoms with Crippen LogP contribution in [0, 0.1) is 11.8 Å². The Morgan fingerprint density at radius 1 is 0.586 bits per heavy atom. The topological polar surface area (TPSA) is 9.23 Å². The van der Waals surface area contributed by atoms with E-state index in [0.717, 1.165) is 25.7 Å². The van der Waals surface area contributed by atoms with E-state index in [4.69, 9.17) is 4.74 Å². The second kappa shape index (κ2) is 16.2. The van der Waals surface area contributed by atoms with Crippen LogP contribution in [0.15, 0.2) is 24.3 Å². The predicted octanol–water partition coefficient (Wildman–Crippen LogP) is 9.67. The van der Waals surface area contributed by atoms with Crippen molar-refractivity contribution in [3.05, 3.63) is 24.3 Å². The Labute approximate surface area is 184 Å². The third kappa shape index (κ3) is 8.60. The van der Waals surface area contributed by atoms with Crippen molar-refractivity contribution < 1.29 is 4.74 Å². The molecular weight excluding hydrogens is 352 g/mol. The van der Waals surface area contributed by atoms with Gasteiger partial charge in [0, 0.05) is 0 Å². The molecule has 0 N–H and O–H groups in total. The van der Waals surface area contributed by atoms with Gasteiger partial charge in [0.25, 0.3) is 0 Å². The van der Waals surface area contributed by atoms with Crippen LogP contribution in [0.25, 0.3) is 0 Å². The average Bonchev–Trinajstić information content (AvgIpc) is 2.75. The van der Waals surface area contributed by atoms with Gasteiger partial charge in [0.1, 0.15) is 0 Å². The molecule has 0 heterocycles. The average molecular weight is 407 g/mol. The van der Waals surface area contributed by atoms with Crippen molar-refractivity contribution in [2.75, 3.05) is 0 Å². The number of unbranched alkanes of at least 4 members (excludes halogenated alkanes) is 4. The molecule has 2 atom stereocenters. The lowest BCUT2D eigenvalue weighted by atomic mass is 9.76. The number of ether oxygens (including phenoxy) is 1. The van der Waals surface area contributed by atoms with E-state index < -0.39 is 0 Å². The predicted molar refractivity (Wildman–Crippen MR) is 133 cm³/mol. The maximum atomic E-state index is 7.40. The van der Waals surface area contributed by atoms with E-state index in [1.54, 1.807) is 0 Å². The van der Waals surface area contributed by atoms with Crippen LogP contribution >= 0.6 is 0 Å². The van der Waals surface area contributed by atoms with Crippen molar-refractivity contribution >= 4 is 0 Å². The zero-order valence-electron chi connectivity index (χ0n) is 21.4. The molecule has 0 bridgehead atoms. The molecule has 0 aromatic heterocycles. The third-order valence-corrected chi connectivity index (χ3v) is 7.09. The molecule has 0 aliphatic rings. The summed E-state index contributed by atoms with van der Waals surface area (Å²) in [6.07, 6.45) is 23.9. The quantitative estimate of drug-likeness (QED) is 0.162. The molecule has 0 aromatic carbocycles. The number of allylic oxidation sites excluding steroid dienone is 2. The molecule has 0 saturated heterocycles. The van der Waals surface area contributed by atoms with Crippen molar-refractivity contribution in [2.45, 2.75) is 144 Å². The zero-order chi connectivity index (χ0) is 22.2. The second-order valence-corrected chi connectivity index (χ2v) is 8.84. The fourth-order valence-corrected chi connectivity index (χ4v) is 4.99. The molecule has 0 saturated carbocycles. The van der Waals surface area contributed by atoms with Gasteiger partial charge in [-0.25, -0.2) is 0 Å². The smallest absolute Gasteiger partial charge is 0.0899 e. The van der Waals surface area contributed by atoms with Crippen LogP contribution < -0.4 is 0 Å². The molecule has 0 aliphatic carbocycles. The molecule has 0 aromatic rings. The lowest BCUT2D eigenvalue weighted by molar-refractivity contribution is -0.165. The van der Waals surface area contributed by atoms with Gasteiger partial charge in [-0.05, 0) is 37.5 Å². The molecular formula is C28H54O. The van der Waals surface area contributed by atoms with Crippen LogP contribution in [0.4, 0.5) is 0 Å². The fourth-order valence-electron chi connectivity index (χ4n) is 4.99. The summed E-state index contributed by atoms with van der Waals surface area (Å²) in [5, 5.41) is 0. The molecule has 1 heteroatoms. The molecule has 0 amide bonds. The van der Waals surface area contributed by atoms with Gasteiger partial charge in [0.2, 0.25) is 0 Å². The van der Waals surface area contributed by atoms with E-state index in [9.17, 15) is 0 Å². The minimum Gasteiger partial charge on any atom is -0.360 e. The first-order valence-corrected chi connectivity index (χ1v) is 13.0. The Balaban J connectivity index is 6.16. The Morgan fingerprint density at radius 2 is 0.931 bits per heavy atom. The first kappa shape index (κ1) is 28.4. The Morgan fingerprint density at radius 3 is 1.17 bits per heavy atom. The largest absolute Gasteiger partial charge is 0.360 e. The van der Waals surface area contributed by atoms with E-state index in [0.29, 0.717) is 11.8 Å². The molecule has 0 fully saturated rings. The van der Waals surface area contributed by atoms with Crippen molar-refractivity contribution in [1.29, 1.82) is 0 Å². The molecule has 0 spiro atoms. The number of hydrogen-bond acceptors (Lipinski definition) is 1. The lowest BCUT2D eigenvalue weighted by Crippen LogP contribution is -2.50. The number of hydrogen-bond donors (Lipinski definition) is 0. The van der Waals surface area contributed by atoms with Gasteiger partial charge < -0.3 is 4.74 Å². The number of rotatable bonds is 18. The van der Waals surface area contributed by atoms with Gasteiger partial charge in [-0.2, -0.15) is 0 Å². The lowest BCUT2D eigenvalue weighted by Gasteiger charge is -2.48. The summed E-state index contributed by atoms with van der Waals surface area (Å²) in [7, 11) is 0. The highest BCUT2D eigenvalue weighted by Crippen LogP contribution is 2.43. The van der Waals surface area contributed by atoms with Crippen molar-refractivity contribution in [3.63, 3.8) is 0 Å². The van der Waals surface area contributed by atoms with Crippen LogP contribution in [0.1, 0.15) is 132 Å². The van der Waals surface area contributed by atoms with E-state index in [-0.39, 0.29) is 11.2 Å². The maximum Gasteiger partial charge on any atom is 0.0899 e. The van der Waals surface area contributed by atoms with Gasteiger partial charge >= 0.3 is 0 Å². The van der Waals surface area contributed by atoms with E-state index in [2.05, 4.69) is 79.7 Å². The molecule has 0 radical (unpaired) electrons. The highest BCUT2D eigenvalue weighted by atomic mass is 16.5. The summed E-state index contributed by atoms with van der Waals surface area (Å²) in [4.78, 5) is 0. The van der Waals surface area contributed by atoms with Crippen LogP contribution in [0.3, 0.4) is 0 Å². The summed E-state index contributed by atoms with van der Waals surface area (Å²) in [6.45, 7) is 18.6. The monoisotopic (exact) mass is 406 g/mol. The minimum absolute atomic E-state index is 0.162. The highest BCUT2D eigenvalue weighted by Gasteiger charge is 2.44. The van der Waals surface area contributed by atoms with Crippen LogP contribution in [-0.4, -0.2) is 11.2 Å². The van der Waals surface area contributed by atoms with Crippen LogP contribution in [-0.2, 0) is 4.74 Å². The summed E-state index contributed by atoms with van der Waals surface area (Å²) in [5.41, 5.74) is -0.324. The normalized spacial score (nSPS) is 16.9. The van der Waals surface area contributed by atoms with Crippen LogP contribution in [0.2, 0.25) is 0 Å². The fraction of sp³-hybridized carbons (Fsp3) is 0.857. The third-order valence-electron chi connectivity index (χ3n) is 7.09. The van der Waals surface area contributed by atoms with Gasteiger partial charge in [-0.15, -0.1) is 0 Å². The molecule has 0 rings (SSSR count). The molecule has 29 heavy (non-hydrogen) atoms. The molecule has 172 valence electrons. The Kier molecular flexibility index (Phi) is 15.9. The zero-order valence-corrected chi connectivity index (χ0v) is 21.4. The summed E-state index contributed by atoms with van der Waals surface area (Å²) in [6, 6.07) is 0. The Bertz CT molecular complexity index is 390. The molecule has 2 unspecified atom stereocenters. The van der Waals surface area contributed by atoms with Crippen molar-refractivity contribution in [1.82, 2.24) is 0 Å². The molecule has 1 nitrogen and oxygen atoms in total. The molecule has 0 aliphatic heterocycles.